The first kappa shape index (κ1) is 15.4. The van der Waals surface area contributed by atoms with Crippen LogP contribution in [0.5, 0.6) is 5.75 Å². The molecule has 0 heterocycles. The summed E-state index contributed by atoms with van der Waals surface area (Å²) < 4.78 is 6.10. The molecule has 110 valence electrons. The van der Waals surface area contributed by atoms with Crippen LogP contribution in [-0.2, 0) is 6.54 Å². The quantitative estimate of drug-likeness (QED) is 0.870. The third-order valence-corrected chi connectivity index (χ3v) is 3.71. The Morgan fingerprint density at radius 2 is 1.90 bits per heavy atom. The van der Waals surface area contributed by atoms with Gasteiger partial charge in [-0.05, 0) is 51.8 Å². The second kappa shape index (κ2) is 7.13. The third kappa shape index (κ3) is 3.98. The Hall–Kier alpha value is -2.01. The molecule has 0 saturated carbocycles. The number of hydrogen-bond acceptors (Lipinski definition) is 3. The van der Waals surface area contributed by atoms with E-state index < -0.39 is 0 Å². The molecule has 21 heavy (non-hydrogen) atoms. The van der Waals surface area contributed by atoms with Crippen LogP contribution in [0.4, 0.5) is 5.69 Å². The van der Waals surface area contributed by atoms with Crippen LogP contribution in [0.2, 0.25) is 0 Å². The zero-order chi connectivity index (χ0) is 15.2. The molecule has 0 aromatic heterocycles. The fourth-order valence-electron chi connectivity index (χ4n) is 1.90. The molecule has 0 aliphatic heterocycles. The minimum absolute atomic E-state index is 0.0754. The molecule has 2 aromatic carbocycles. The number of amides is 1. The first-order chi connectivity index (χ1) is 10.1. The van der Waals surface area contributed by atoms with E-state index in [4.69, 9.17) is 4.74 Å². The first-order valence-corrected chi connectivity index (χ1v) is 7.31. The maximum atomic E-state index is 11.5. The Bertz CT molecular complexity index is 627. The minimum atomic E-state index is -0.0754. The predicted octanol–water partition coefficient (Wildman–Crippen LogP) is 3.43. The number of nitrogens with one attached hydrogen (secondary N) is 2. The van der Waals surface area contributed by atoms with Crippen LogP contribution in [0, 0.1) is 0 Å². The number of carbonyl (C=O) groups excluding carboxylic acids is 1. The molecular formula is C16H17BrN2O2. The highest BCUT2D eigenvalue weighted by Crippen LogP contribution is 2.27. The molecule has 2 aromatic rings. The smallest absolute Gasteiger partial charge is 0.251 e. The first-order valence-electron chi connectivity index (χ1n) is 6.52. The van der Waals surface area contributed by atoms with Gasteiger partial charge in [0.15, 0.2) is 0 Å². The molecule has 0 bridgehead atoms. The normalized spacial score (nSPS) is 10.0. The lowest BCUT2D eigenvalue weighted by molar-refractivity contribution is 0.0963. The third-order valence-electron chi connectivity index (χ3n) is 3.09. The summed E-state index contributed by atoms with van der Waals surface area (Å²) in [4.78, 5) is 11.5. The fraction of sp³-hybridized carbons (Fsp3) is 0.188. The van der Waals surface area contributed by atoms with Gasteiger partial charge in [0, 0.05) is 24.8 Å². The Morgan fingerprint density at radius 1 is 1.19 bits per heavy atom. The van der Waals surface area contributed by atoms with Gasteiger partial charge in [-0.15, -0.1) is 0 Å². The molecule has 0 saturated heterocycles. The lowest BCUT2D eigenvalue weighted by Gasteiger charge is -2.09. The van der Waals surface area contributed by atoms with Crippen molar-refractivity contribution in [3.63, 3.8) is 0 Å². The molecule has 0 aliphatic carbocycles. The van der Waals surface area contributed by atoms with Crippen molar-refractivity contribution in [1.82, 2.24) is 5.32 Å². The second-order valence-electron chi connectivity index (χ2n) is 4.48. The summed E-state index contributed by atoms with van der Waals surface area (Å²) in [5.74, 6) is 0.726. The number of benzene rings is 2. The van der Waals surface area contributed by atoms with E-state index in [1.807, 2.05) is 42.5 Å². The van der Waals surface area contributed by atoms with Crippen molar-refractivity contribution in [2.24, 2.45) is 0 Å². The van der Waals surface area contributed by atoms with Crippen molar-refractivity contribution in [3.05, 3.63) is 58.1 Å². The zero-order valence-electron chi connectivity index (χ0n) is 11.9. The predicted molar refractivity (Wildman–Crippen MR) is 87.9 cm³/mol. The topological polar surface area (TPSA) is 50.4 Å². The number of halogens is 1. The number of carbonyl (C=O) groups is 1. The van der Waals surface area contributed by atoms with Gasteiger partial charge in [-0.1, -0.05) is 12.1 Å². The Morgan fingerprint density at radius 3 is 2.48 bits per heavy atom. The molecule has 0 atom stereocenters. The summed E-state index contributed by atoms with van der Waals surface area (Å²) in [6, 6.07) is 13.4. The van der Waals surface area contributed by atoms with E-state index in [2.05, 4.69) is 26.6 Å². The van der Waals surface area contributed by atoms with Gasteiger partial charge >= 0.3 is 0 Å². The van der Waals surface area contributed by atoms with Crippen molar-refractivity contribution in [2.45, 2.75) is 6.54 Å². The molecular weight excluding hydrogens is 332 g/mol. The summed E-state index contributed by atoms with van der Waals surface area (Å²) >= 11 is 3.46. The van der Waals surface area contributed by atoms with Gasteiger partial charge in [0.1, 0.15) is 5.75 Å². The standard InChI is InChI=1S/C16H17BrN2O2/c1-18-16(20)12-5-3-11(4-6-12)10-19-13-7-8-15(21-2)14(17)9-13/h3-9,19H,10H2,1-2H3,(H,18,20). The van der Waals surface area contributed by atoms with E-state index in [0.717, 1.165) is 21.5 Å². The van der Waals surface area contributed by atoms with Gasteiger partial charge in [-0.2, -0.15) is 0 Å². The Labute approximate surface area is 132 Å². The van der Waals surface area contributed by atoms with Crippen LogP contribution < -0.4 is 15.4 Å². The highest BCUT2D eigenvalue weighted by atomic mass is 79.9. The monoisotopic (exact) mass is 348 g/mol. The maximum absolute atomic E-state index is 11.5. The highest BCUT2D eigenvalue weighted by molar-refractivity contribution is 9.10. The van der Waals surface area contributed by atoms with E-state index in [0.29, 0.717) is 12.1 Å². The molecule has 0 spiro atoms. The van der Waals surface area contributed by atoms with Crippen LogP contribution in [0.1, 0.15) is 15.9 Å². The van der Waals surface area contributed by atoms with Crippen molar-refractivity contribution in [3.8, 4) is 5.75 Å². The average molecular weight is 349 g/mol. The molecule has 2 rings (SSSR count). The van der Waals surface area contributed by atoms with Crippen LogP contribution in [-0.4, -0.2) is 20.1 Å². The van der Waals surface area contributed by atoms with Crippen LogP contribution >= 0.6 is 15.9 Å². The number of anilines is 1. The largest absolute Gasteiger partial charge is 0.496 e. The molecule has 1 amide bonds. The van der Waals surface area contributed by atoms with E-state index >= 15 is 0 Å². The van der Waals surface area contributed by atoms with Crippen LogP contribution in [0.15, 0.2) is 46.9 Å². The van der Waals surface area contributed by atoms with Crippen molar-refractivity contribution in [1.29, 1.82) is 0 Å². The van der Waals surface area contributed by atoms with E-state index in [1.165, 1.54) is 0 Å². The number of methoxy groups -OCH3 is 1. The lowest BCUT2D eigenvalue weighted by atomic mass is 10.1. The molecule has 2 N–H and O–H groups in total. The maximum Gasteiger partial charge on any atom is 0.251 e. The number of rotatable bonds is 5. The number of ether oxygens (including phenoxy) is 1. The molecule has 4 nitrogen and oxygen atoms in total. The van der Waals surface area contributed by atoms with Gasteiger partial charge in [0.2, 0.25) is 0 Å². The second-order valence-corrected chi connectivity index (χ2v) is 5.33. The summed E-state index contributed by atoms with van der Waals surface area (Å²) in [5.41, 5.74) is 2.76. The number of hydrogen-bond donors (Lipinski definition) is 2. The average Bonchev–Trinajstić information content (AvgIpc) is 2.52. The van der Waals surface area contributed by atoms with Crippen LogP contribution in [0.3, 0.4) is 0 Å². The van der Waals surface area contributed by atoms with Crippen molar-refractivity contribution >= 4 is 27.5 Å². The summed E-state index contributed by atoms with van der Waals surface area (Å²) in [7, 11) is 3.26. The summed E-state index contributed by atoms with van der Waals surface area (Å²) in [5, 5.41) is 5.93. The summed E-state index contributed by atoms with van der Waals surface area (Å²) in [6.45, 7) is 0.687. The fourth-order valence-corrected chi connectivity index (χ4v) is 2.44. The zero-order valence-corrected chi connectivity index (χ0v) is 13.5. The molecule has 0 aliphatic rings. The van der Waals surface area contributed by atoms with Crippen molar-refractivity contribution < 1.29 is 9.53 Å². The highest BCUT2D eigenvalue weighted by Gasteiger charge is 2.03. The Balaban J connectivity index is 1.99. The molecule has 0 unspecified atom stereocenters. The van der Waals surface area contributed by atoms with E-state index in [9.17, 15) is 4.79 Å². The Kier molecular flexibility index (Phi) is 5.22. The molecule has 0 radical (unpaired) electrons. The SMILES string of the molecule is CNC(=O)c1ccc(CNc2ccc(OC)c(Br)c2)cc1. The lowest BCUT2D eigenvalue weighted by Crippen LogP contribution is -2.17. The van der Waals surface area contributed by atoms with Crippen LogP contribution in [0.25, 0.3) is 0 Å². The van der Waals surface area contributed by atoms with E-state index in [-0.39, 0.29) is 5.91 Å². The van der Waals surface area contributed by atoms with Gasteiger partial charge in [0.25, 0.3) is 5.91 Å². The van der Waals surface area contributed by atoms with Gasteiger partial charge in [-0.3, -0.25) is 4.79 Å². The van der Waals surface area contributed by atoms with Gasteiger partial charge < -0.3 is 15.4 Å². The van der Waals surface area contributed by atoms with Gasteiger partial charge in [0.05, 0.1) is 11.6 Å². The van der Waals surface area contributed by atoms with E-state index in [1.54, 1.807) is 14.2 Å². The molecule has 5 heteroatoms. The summed E-state index contributed by atoms with van der Waals surface area (Å²) in [6.07, 6.45) is 0. The molecule has 0 fully saturated rings. The minimum Gasteiger partial charge on any atom is -0.496 e. The van der Waals surface area contributed by atoms with Gasteiger partial charge in [-0.25, -0.2) is 0 Å². The van der Waals surface area contributed by atoms with Crippen molar-refractivity contribution in [2.75, 3.05) is 19.5 Å².